The third-order valence-corrected chi connectivity index (χ3v) is 12.5. The lowest BCUT2D eigenvalue weighted by atomic mass is 9.78. The van der Waals surface area contributed by atoms with Crippen LogP contribution in [-0.2, 0) is 47.5 Å². The second-order valence-corrected chi connectivity index (χ2v) is 16.7. The standard InChI is InChI=1S/C39H68N2O15/c1-11-27-24(18-51-38-35(50-10)34(49-9)31(46)22(5)53-38)36-39(6,56-36)14-12-25(40-48)19(2)16-23(13-15-42)33(20(3)26(43)17-28(44)54-27)55-37-32(47)29(41(7)8)30(45)21(4)52-37/h15,19-24,26-27,29-38,43,45-48H,11-14,16-18H2,1-10H3/b40-25+/t19-,20+,21-,22-,23+,24?,26-,27-,29+,30-,31?,32-,33?,34?,35?,36?,37+,38?,39?/m1/s1. The fraction of sp³-hybridized carbons (Fsp3) is 0.923. The van der Waals surface area contributed by atoms with Crippen molar-refractivity contribution in [2.24, 2.45) is 28.8 Å². The van der Waals surface area contributed by atoms with Gasteiger partial charge >= 0.3 is 5.97 Å². The highest BCUT2D eigenvalue weighted by Crippen LogP contribution is 2.48. The first-order valence-electron chi connectivity index (χ1n) is 20.0. The quantitative estimate of drug-likeness (QED) is 0.0651. The summed E-state index contributed by atoms with van der Waals surface area (Å²) in [5, 5.41) is 58.4. The van der Waals surface area contributed by atoms with Crippen LogP contribution in [0.15, 0.2) is 5.16 Å². The van der Waals surface area contributed by atoms with Gasteiger partial charge in [0.05, 0.1) is 67.0 Å². The minimum absolute atomic E-state index is 0.00726. The van der Waals surface area contributed by atoms with Gasteiger partial charge in [-0.25, -0.2) is 0 Å². The van der Waals surface area contributed by atoms with Crippen molar-refractivity contribution in [3.63, 3.8) is 0 Å². The average Bonchev–Trinajstić information content (AvgIpc) is 3.82. The molecule has 4 rings (SSSR count). The van der Waals surface area contributed by atoms with Crippen LogP contribution in [0.1, 0.15) is 80.1 Å². The molecule has 5 N–H and O–H groups in total. The number of epoxide rings is 1. The lowest BCUT2D eigenvalue weighted by Crippen LogP contribution is -2.63. The van der Waals surface area contributed by atoms with E-state index >= 15 is 0 Å². The van der Waals surface area contributed by atoms with E-state index in [0.29, 0.717) is 31.4 Å². The Hall–Kier alpha value is -1.87. The summed E-state index contributed by atoms with van der Waals surface area (Å²) in [5.41, 5.74) is -0.218. The van der Waals surface area contributed by atoms with E-state index in [9.17, 15) is 35.2 Å². The smallest absolute Gasteiger partial charge is 0.308 e. The SMILES string of the molecule is CC[C@H]1OC(=O)C[C@@H](O)[C@H](C)C(O[C@@H]2O[C@H](C)[C@@H](O)[C@H](N(C)C)[C@H]2O)[C@@H](CC=O)C[C@@H](C)/C(=N/O)CCC2(C)OC2C1COC1O[C@H](C)C(O)C(OC)C1OC. The van der Waals surface area contributed by atoms with Crippen molar-refractivity contribution in [2.45, 2.75) is 171 Å². The largest absolute Gasteiger partial charge is 0.462 e. The Labute approximate surface area is 330 Å². The minimum Gasteiger partial charge on any atom is -0.462 e. The van der Waals surface area contributed by atoms with Gasteiger partial charge in [-0.3, -0.25) is 4.79 Å². The Morgan fingerprint density at radius 2 is 1.59 bits per heavy atom. The molecule has 4 fully saturated rings. The Kier molecular flexibility index (Phi) is 17.1. The van der Waals surface area contributed by atoms with E-state index in [0.717, 1.165) is 6.29 Å². The van der Waals surface area contributed by atoms with E-state index in [4.69, 9.17) is 37.9 Å². The van der Waals surface area contributed by atoms with Crippen molar-refractivity contribution >= 4 is 18.0 Å². The van der Waals surface area contributed by atoms with Crippen LogP contribution in [0.4, 0.5) is 0 Å². The molecular formula is C39H68N2O15. The average molecular weight is 805 g/mol. The summed E-state index contributed by atoms with van der Waals surface area (Å²) in [6.07, 6.45) is -9.75. The Morgan fingerprint density at radius 1 is 0.946 bits per heavy atom. The third kappa shape index (κ3) is 10.6. The molecule has 324 valence electrons. The number of hydrogen-bond acceptors (Lipinski definition) is 17. The van der Waals surface area contributed by atoms with Crippen molar-refractivity contribution in [1.29, 1.82) is 0 Å². The molecule has 0 aromatic carbocycles. The summed E-state index contributed by atoms with van der Waals surface area (Å²) < 4.78 is 48.4. The summed E-state index contributed by atoms with van der Waals surface area (Å²) in [5.74, 6) is -2.86. The van der Waals surface area contributed by atoms with E-state index in [1.807, 2.05) is 20.8 Å². The molecule has 0 amide bonds. The van der Waals surface area contributed by atoms with Crippen LogP contribution in [0.3, 0.4) is 0 Å². The molecule has 0 aliphatic carbocycles. The van der Waals surface area contributed by atoms with Crippen LogP contribution in [0, 0.1) is 23.7 Å². The number of hydrogen-bond donors (Lipinski definition) is 5. The Morgan fingerprint density at radius 3 is 2.18 bits per heavy atom. The predicted molar refractivity (Wildman–Crippen MR) is 200 cm³/mol. The van der Waals surface area contributed by atoms with Gasteiger partial charge in [0.2, 0.25) is 0 Å². The van der Waals surface area contributed by atoms with Crippen molar-refractivity contribution < 1.29 is 73.1 Å². The lowest BCUT2D eigenvalue weighted by molar-refractivity contribution is -0.305. The van der Waals surface area contributed by atoms with Gasteiger partial charge in [-0.15, -0.1) is 0 Å². The number of ether oxygens (including phenoxy) is 8. The minimum atomic E-state index is -1.31. The molecule has 0 bridgehead atoms. The maximum atomic E-state index is 13.7. The molecule has 19 atom stereocenters. The highest BCUT2D eigenvalue weighted by Gasteiger charge is 2.58. The topological polar surface area (TPSA) is 228 Å². The molecule has 4 heterocycles. The number of rotatable bonds is 11. The molecule has 4 aliphatic heterocycles. The second-order valence-electron chi connectivity index (χ2n) is 16.7. The highest BCUT2D eigenvalue weighted by molar-refractivity contribution is 5.86. The Balaban J connectivity index is 1.64. The number of aliphatic hydroxyl groups is 4. The van der Waals surface area contributed by atoms with Crippen molar-refractivity contribution in [3.8, 4) is 0 Å². The molecule has 4 aliphatic rings. The van der Waals surface area contributed by atoms with E-state index in [2.05, 4.69) is 5.16 Å². The zero-order valence-electron chi connectivity index (χ0n) is 34.6. The first kappa shape index (κ1) is 46.8. The van der Waals surface area contributed by atoms with Crippen LogP contribution in [0.5, 0.6) is 0 Å². The van der Waals surface area contributed by atoms with Gasteiger partial charge in [0.15, 0.2) is 12.6 Å². The molecule has 0 spiro atoms. The summed E-state index contributed by atoms with van der Waals surface area (Å²) in [7, 11) is 6.40. The van der Waals surface area contributed by atoms with Crippen molar-refractivity contribution in [2.75, 3.05) is 34.9 Å². The number of fused-ring (bicyclic) bond motifs is 1. The van der Waals surface area contributed by atoms with E-state index < -0.39 is 122 Å². The summed E-state index contributed by atoms with van der Waals surface area (Å²) in [6, 6.07) is -0.735. The normalized spacial score (nSPS) is 46.6. The number of esters is 1. The van der Waals surface area contributed by atoms with Crippen LogP contribution in [-0.4, -0.2) is 175 Å². The fourth-order valence-corrected chi connectivity index (χ4v) is 8.90. The zero-order chi connectivity index (χ0) is 41.6. The Bertz CT molecular complexity index is 1290. The summed E-state index contributed by atoms with van der Waals surface area (Å²) >= 11 is 0. The number of nitrogens with zero attached hydrogens (tertiary/aromatic N) is 2. The van der Waals surface area contributed by atoms with Crippen LogP contribution in [0.25, 0.3) is 0 Å². The van der Waals surface area contributed by atoms with Crippen LogP contribution >= 0.6 is 0 Å². The van der Waals surface area contributed by atoms with E-state index in [1.54, 1.807) is 39.8 Å². The summed E-state index contributed by atoms with van der Waals surface area (Å²) in [4.78, 5) is 27.6. The fourth-order valence-electron chi connectivity index (χ4n) is 8.90. The maximum Gasteiger partial charge on any atom is 0.308 e. The molecule has 4 saturated heterocycles. The van der Waals surface area contributed by atoms with Crippen LogP contribution in [0.2, 0.25) is 0 Å². The van der Waals surface area contributed by atoms with Gasteiger partial charge in [0, 0.05) is 32.5 Å². The molecule has 56 heavy (non-hydrogen) atoms. The third-order valence-electron chi connectivity index (χ3n) is 12.5. The molecule has 17 nitrogen and oxygen atoms in total. The maximum absolute atomic E-state index is 13.7. The first-order valence-corrected chi connectivity index (χ1v) is 20.0. The molecule has 0 aromatic heterocycles. The first-order chi connectivity index (χ1) is 26.5. The van der Waals surface area contributed by atoms with E-state index in [1.165, 1.54) is 14.2 Å². The van der Waals surface area contributed by atoms with Gasteiger partial charge in [-0.05, 0) is 72.4 Å². The van der Waals surface area contributed by atoms with Crippen molar-refractivity contribution in [1.82, 2.24) is 4.90 Å². The molecular weight excluding hydrogens is 736 g/mol. The monoisotopic (exact) mass is 804 g/mol. The zero-order valence-corrected chi connectivity index (χ0v) is 34.6. The van der Waals surface area contributed by atoms with Crippen molar-refractivity contribution in [3.05, 3.63) is 0 Å². The number of methoxy groups -OCH3 is 2. The van der Waals surface area contributed by atoms with E-state index in [-0.39, 0.29) is 18.9 Å². The number of aliphatic hydroxyl groups excluding tert-OH is 4. The predicted octanol–water partition coefficient (Wildman–Crippen LogP) is 1.26. The lowest BCUT2D eigenvalue weighted by Gasteiger charge is -2.46. The van der Waals surface area contributed by atoms with Gasteiger partial charge < -0.3 is 73.2 Å². The number of aldehydes is 1. The number of carbonyl (C=O) groups excluding carboxylic acids is 2. The molecule has 17 heteroatoms. The van der Waals surface area contributed by atoms with Gasteiger partial charge in [-0.1, -0.05) is 25.9 Å². The number of likely N-dealkylation sites (N-methyl/N-ethyl adjacent to an activating group) is 1. The molecule has 0 saturated carbocycles. The highest BCUT2D eigenvalue weighted by atomic mass is 16.7. The van der Waals surface area contributed by atoms with Crippen LogP contribution < -0.4 is 0 Å². The van der Waals surface area contributed by atoms with Gasteiger partial charge in [0.1, 0.15) is 36.8 Å². The van der Waals surface area contributed by atoms with Gasteiger partial charge in [0.25, 0.3) is 0 Å². The van der Waals surface area contributed by atoms with Gasteiger partial charge in [-0.2, -0.15) is 0 Å². The number of oxime groups is 1. The number of cyclic esters (lactones) is 1. The summed E-state index contributed by atoms with van der Waals surface area (Å²) in [6.45, 7) is 10.8. The second kappa shape index (κ2) is 20.4. The molecule has 0 aromatic rings. The number of carbonyl (C=O) groups is 2. The molecule has 0 radical (unpaired) electrons. The molecule has 8 unspecified atom stereocenters.